The SMILES string of the molecule is CCCCCCCCCCc1ccc(NC(=O)CCN)cc1. The van der Waals surface area contributed by atoms with Crippen LogP contribution in [0.25, 0.3) is 0 Å². The molecule has 0 bridgehead atoms. The molecule has 1 aromatic rings. The highest BCUT2D eigenvalue weighted by Gasteiger charge is 2.01. The van der Waals surface area contributed by atoms with E-state index in [1.807, 2.05) is 12.1 Å². The first kappa shape index (κ1) is 18.7. The van der Waals surface area contributed by atoms with E-state index in [1.165, 1.54) is 56.9 Å². The Labute approximate surface area is 135 Å². The second-order valence-electron chi connectivity index (χ2n) is 6.01. The van der Waals surface area contributed by atoms with Crippen molar-refractivity contribution in [1.82, 2.24) is 0 Å². The zero-order chi connectivity index (χ0) is 16.0. The average Bonchev–Trinajstić information content (AvgIpc) is 2.52. The van der Waals surface area contributed by atoms with E-state index < -0.39 is 0 Å². The predicted octanol–water partition coefficient (Wildman–Crippen LogP) is 4.66. The molecule has 0 aromatic heterocycles. The molecule has 0 radical (unpaired) electrons. The molecule has 0 fully saturated rings. The van der Waals surface area contributed by atoms with Crippen molar-refractivity contribution in [3.05, 3.63) is 29.8 Å². The Hall–Kier alpha value is -1.35. The molecule has 3 heteroatoms. The largest absolute Gasteiger partial charge is 0.330 e. The Morgan fingerprint density at radius 1 is 0.955 bits per heavy atom. The zero-order valence-electron chi connectivity index (χ0n) is 14.1. The first-order valence-electron chi connectivity index (χ1n) is 8.85. The summed E-state index contributed by atoms with van der Waals surface area (Å²) in [6.07, 6.45) is 12.3. The first-order valence-corrected chi connectivity index (χ1v) is 8.85. The minimum atomic E-state index is -0.0154. The smallest absolute Gasteiger partial charge is 0.225 e. The lowest BCUT2D eigenvalue weighted by atomic mass is 10.0. The fourth-order valence-corrected chi connectivity index (χ4v) is 2.57. The van der Waals surface area contributed by atoms with Crippen LogP contribution >= 0.6 is 0 Å². The van der Waals surface area contributed by atoms with Crippen LogP contribution in [0.1, 0.15) is 70.3 Å². The van der Waals surface area contributed by atoms with Gasteiger partial charge in [0, 0.05) is 18.7 Å². The molecule has 0 aliphatic carbocycles. The molecule has 3 N–H and O–H groups in total. The molecule has 0 aliphatic heterocycles. The number of carbonyl (C=O) groups is 1. The molecule has 1 aromatic carbocycles. The quantitative estimate of drug-likeness (QED) is 0.552. The highest BCUT2D eigenvalue weighted by Crippen LogP contribution is 2.14. The van der Waals surface area contributed by atoms with E-state index in [0.29, 0.717) is 13.0 Å². The summed E-state index contributed by atoms with van der Waals surface area (Å²) in [7, 11) is 0. The maximum Gasteiger partial charge on any atom is 0.225 e. The Kier molecular flexibility index (Phi) is 10.4. The van der Waals surface area contributed by atoms with Gasteiger partial charge in [-0.1, -0.05) is 64.0 Å². The van der Waals surface area contributed by atoms with Crippen LogP contribution in [0.4, 0.5) is 5.69 Å². The molecule has 0 atom stereocenters. The molecular weight excluding hydrogens is 272 g/mol. The van der Waals surface area contributed by atoms with Crippen LogP contribution in [0.3, 0.4) is 0 Å². The standard InChI is InChI=1S/C19H32N2O/c1-2-3-4-5-6-7-8-9-10-17-11-13-18(14-12-17)21-19(22)15-16-20/h11-14H,2-10,15-16,20H2,1H3,(H,21,22). The maximum absolute atomic E-state index is 11.4. The molecule has 0 saturated heterocycles. The van der Waals surface area contributed by atoms with Gasteiger partial charge in [0.1, 0.15) is 0 Å². The average molecular weight is 304 g/mol. The summed E-state index contributed by atoms with van der Waals surface area (Å²) in [6.45, 7) is 2.65. The Morgan fingerprint density at radius 3 is 2.14 bits per heavy atom. The summed E-state index contributed by atoms with van der Waals surface area (Å²) in [5.41, 5.74) is 7.57. The van der Waals surface area contributed by atoms with E-state index in [-0.39, 0.29) is 5.91 Å². The molecule has 1 amide bonds. The van der Waals surface area contributed by atoms with E-state index in [0.717, 1.165) is 12.1 Å². The topological polar surface area (TPSA) is 55.1 Å². The number of hydrogen-bond acceptors (Lipinski definition) is 2. The zero-order valence-corrected chi connectivity index (χ0v) is 14.1. The van der Waals surface area contributed by atoms with Gasteiger partial charge < -0.3 is 11.1 Å². The van der Waals surface area contributed by atoms with Crippen molar-refractivity contribution < 1.29 is 4.79 Å². The molecule has 0 unspecified atom stereocenters. The number of hydrogen-bond donors (Lipinski definition) is 2. The number of nitrogens with two attached hydrogens (primary N) is 1. The van der Waals surface area contributed by atoms with Gasteiger partial charge in [-0.2, -0.15) is 0 Å². The Balaban J connectivity index is 2.12. The van der Waals surface area contributed by atoms with Crippen LogP contribution in [0.15, 0.2) is 24.3 Å². The van der Waals surface area contributed by atoms with Crippen molar-refractivity contribution in [2.45, 2.75) is 71.1 Å². The molecule has 0 aliphatic rings. The molecule has 22 heavy (non-hydrogen) atoms. The highest BCUT2D eigenvalue weighted by atomic mass is 16.1. The van der Waals surface area contributed by atoms with Gasteiger partial charge in [-0.05, 0) is 30.5 Å². The van der Waals surface area contributed by atoms with Crippen molar-refractivity contribution in [3.8, 4) is 0 Å². The molecule has 124 valence electrons. The second kappa shape index (κ2) is 12.2. The summed E-state index contributed by atoms with van der Waals surface area (Å²) >= 11 is 0. The molecular formula is C19H32N2O. The monoisotopic (exact) mass is 304 g/mol. The van der Waals surface area contributed by atoms with E-state index in [1.54, 1.807) is 0 Å². The van der Waals surface area contributed by atoms with Gasteiger partial charge in [0.2, 0.25) is 5.91 Å². The number of anilines is 1. The van der Waals surface area contributed by atoms with Gasteiger partial charge >= 0.3 is 0 Å². The molecule has 3 nitrogen and oxygen atoms in total. The fourth-order valence-electron chi connectivity index (χ4n) is 2.57. The molecule has 0 saturated carbocycles. The van der Waals surface area contributed by atoms with Gasteiger partial charge in [-0.25, -0.2) is 0 Å². The summed E-state index contributed by atoms with van der Waals surface area (Å²) in [6, 6.07) is 8.18. The summed E-state index contributed by atoms with van der Waals surface area (Å²) in [5, 5.41) is 2.85. The third-order valence-corrected chi connectivity index (χ3v) is 3.93. The number of unbranched alkanes of at least 4 members (excludes halogenated alkanes) is 7. The lowest BCUT2D eigenvalue weighted by molar-refractivity contribution is -0.116. The minimum Gasteiger partial charge on any atom is -0.330 e. The van der Waals surface area contributed by atoms with Crippen molar-refractivity contribution in [3.63, 3.8) is 0 Å². The van der Waals surface area contributed by atoms with Crippen molar-refractivity contribution in [2.24, 2.45) is 5.73 Å². The lowest BCUT2D eigenvalue weighted by Crippen LogP contribution is -2.16. The van der Waals surface area contributed by atoms with Crippen molar-refractivity contribution >= 4 is 11.6 Å². The normalized spacial score (nSPS) is 10.6. The van der Waals surface area contributed by atoms with Crippen molar-refractivity contribution in [1.29, 1.82) is 0 Å². The van der Waals surface area contributed by atoms with E-state index in [4.69, 9.17) is 5.73 Å². The molecule has 1 rings (SSSR count). The number of nitrogens with one attached hydrogen (secondary N) is 1. The molecule has 0 heterocycles. The maximum atomic E-state index is 11.4. The third-order valence-electron chi connectivity index (χ3n) is 3.93. The minimum absolute atomic E-state index is 0.0154. The van der Waals surface area contributed by atoms with Gasteiger partial charge in [-0.15, -0.1) is 0 Å². The Bertz CT molecular complexity index is 400. The van der Waals surface area contributed by atoms with E-state index in [9.17, 15) is 4.79 Å². The van der Waals surface area contributed by atoms with Gasteiger partial charge in [0.05, 0.1) is 0 Å². The van der Waals surface area contributed by atoms with E-state index in [2.05, 4.69) is 24.4 Å². The number of benzene rings is 1. The molecule has 0 spiro atoms. The Morgan fingerprint density at radius 2 is 1.55 bits per heavy atom. The number of aryl methyl sites for hydroxylation is 1. The van der Waals surface area contributed by atoms with Crippen LogP contribution in [0, 0.1) is 0 Å². The first-order chi connectivity index (χ1) is 10.8. The summed E-state index contributed by atoms with van der Waals surface area (Å²) in [5.74, 6) is -0.0154. The van der Waals surface area contributed by atoms with Crippen LogP contribution in [0.5, 0.6) is 0 Å². The summed E-state index contributed by atoms with van der Waals surface area (Å²) < 4.78 is 0. The lowest BCUT2D eigenvalue weighted by Gasteiger charge is -2.06. The summed E-state index contributed by atoms with van der Waals surface area (Å²) in [4.78, 5) is 11.4. The number of amides is 1. The van der Waals surface area contributed by atoms with Crippen LogP contribution in [-0.4, -0.2) is 12.5 Å². The van der Waals surface area contributed by atoms with Gasteiger partial charge in [0.25, 0.3) is 0 Å². The number of rotatable bonds is 12. The van der Waals surface area contributed by atoms with Crippen molar-refractivity contribution in [2.75, 3.05) is 11.9 Å². The van der Waals surface area contributed by atoms with Gasteiger partial charge in [0.15, 0.2) is 0 Å². The van der Waals surface area contributed by atoms with Gasteiger partial charge in [-0.3, -0.25) is 4.79 Å². The fraction of sp³-hybridized carbons (Fsp3) is 0.632. The second-order valence-corrected chi connectivity index (χ2v) is 6.01. The van der Waals surface area contributed by atoms with Crippen LogP contribution in [-0.2, 0) is 11.2 Å². The highest BCUT2D eigenvalue weighted by molar-refractivity contribution is 5.90. The van der Waals surface area contributed by atoms with Crippen LogP contribution in [0.2, 0.25) is 0 Å². The van der Waals surface area contributed by atoms with Crippen LogP contribution < -0.4 is 11.1 Å². The van der Waals surface area contributed by atoms with E-state index >= 15 is 0 Å². The number of carbonyl (C=O) groups excluding carboxylic acids is 1. The third kappa shape index (κ3) is 8.83. The predicted molar refractivity (Wildman–Crippen MR) is 95.1 cm³/mol.